The fourth-order valence-corrected chi connectivity index (χ4v) is 3.53. The van der Waals surface area contributed by atoms with E-state index >= 15 is 0 Å². The lowest BCUT2D eigenvalue weighted by Gasteiger charge is -2.24. The second kappa shape index (κ2) is 5.66. The third kappa shape index (κ3) is 2.76. The van der Waals surface area contributed by atoms with Gasteiger partial charge in [0.2, 0.25) is 5.91 Å². The van der Waals surface area contributed by atoms with E-state index in [0.29, 0.717) is 5.02 Å². The zero-order valence-electron chi connectivity index (χ0n) is 10.7. The summed E-state index contributed by atoms with van der Waals surface area (Å²) in [5.41, 5.74) is 0.935. The van der Waals surface area contributed by atoms with Gasteiger partial charge >= 0.3 is 0 Å². The Bertz CT molecular complexity index is 693. The molecule has 1 unspecified atom stereocenters. The van der Waals surface area contributed by atoms with Crippen LogP contribution in [0.25, 0.3) is 0 Å². The van der Waals surface area contributed by atoms with Crippen molar-refractivity contribution in [3.63, 3.8) is 0 Å². The molecular formula is C15H10ClF2NOS. The molecule has 1 atom stereocenters. The number of halogens is 3. The van der Waals surface area contributed by atoms with Gasteiger partial charge in [-0.1, -0.05) is 23.7 Å². The lowest BCUT2D eigenvalue weighted by atomic mass is 10.2. The highest BCUT2D eigenvalue weighted by molar-refractivity contribution is 8.00. The van der Waals surface area contributed by atoms with Crippen molar-refractivity contribution in [3.05, 3.63) is 64.7 Å². The largest absolute Gasteiger partial charge is 0.292 e. The number of hydrogen-bond acceptors (Lipinski definition) is 2. The molecule has 2 aromatic carbocycles. The van der Waals surface area contributed by atoms with Crippen LogP contribution in [0.5, 0.6) is 0 Å². The summed E-state index contributed by atoms with van der Waals surface area (Å²) in [7, 11) is 0. The first-order valence-electron chi connectivity index (χ1n) is 6.20. The third-order valence-corrected chi connectivity index (χ3v) is 4.66. The van der Waals surface area contributed by atoms with Gasteiger partial charge in [-0.15, -0.1) is 11.8 Å². The standard InChI is InChI=1S/C15H10ClF2NOS/c16-10-3-1-9(2-4-10)15-19(14(20)8-21-15)13-6-5-11(17)7-12(13)18/h1-7,15H,8H2. The molecule has 0 aromatic heterocycles. The quantitative estimate of drug-likeness (QED) is 0.816. The van der Waals surface area contributed by atoms with Gasteiger partial charge < -0.3 is 0 Å². The van der Waals surface area contributed by atoms with Gasteiger partial charge in [0.1, 0.15) is 17.0 Å². The number of benzene rings is 2. The Balaban J connectivity index is 2.01. The maximum Gasteiger partial charge on any atom is 0.238 e. The highest BCUT2D eigenvalue weighted by Gasteiger charge is 2.35. The van der Waals surface area contributed by atoms with Crippen LogP contribution in [0.4, 0.5) is 14.5 Å². The molecule has 1 aliphatic heterocycles. The predicted molar refractivity (Wildman–Crippen MR) is 80.5 cm³/mol. The average molecular weight is 326 g/mol. The van der Waals surface area contributed by atoms with Crippen LogP contribution < -0.4 is 4.90 Å². The molecule has 0 saturated carbocycles. The number of thioether (sulfide) groups is 1. The van der Waals surface area contributed by atoms with E-state index in [9.17, 15) is 13.6 Å². The van der Waals surface area contributed by atoms with E-state index in [1.165, 1.54) is 22.7 Å². The summed E-state index contributed by atoms with van der Waals surface area (Å²) < 4.78 is 27.0. The molecule has 1 fully saturated rings. The van der Waals surface area contributed by atoms with Gasteiger partial charge in [0, 0.05) is 11.1 Å². The fraction of sp³-hybridized carbons (Fsp3) is 0.133. The molecule has 21 heavy (non-hydrogen) atoms. The Morgan fingerprint density at radius 3 is 2.52 bits per heavy atom. The van der Waals surface area contributed by atoms with Crippen molar-refractivity contribution < 1.29 is 13.6 Å². The first-order chi connectivity index (χ1) is 10.1. The van der Waals surface area contributed by atoms with Gasteiger partial charge in [-0.2, -0.15) is 0 Å². The Morgan fingerprint density at radius 1 is 1.14 bits per heavy atom. The summed E-state index contributed by atoms with van der Waals surface area (Å²) in [6, 6.07) is 10.3. The summed E-state index contributed by atoms with van der Waals surface area (Å²) in [4.78, 5) is 13.4. The van der Waals surface area contributed by atoms with E-state index in [2.05, 4.69) is 0 Å². The number of carbonyl (C=O) groups excluding carboxylic acids is 1. The lowest BCUT2D eigenvalue weighted by Crippen LogP contribution is -2.28. The van der Waals surface area contributed by atoms with Crippen molar-refractivity contribution in [2.45, 2.75) is 5.37 Å². The highest BCUT2D eigenvalue weighted by atomic mass is 35.5. The van der Waals surface area contributed by atoms with Crippen LogP contribution in [-0.2, 0) is 4.79 Å². The van der Waals surface area contributed by atoms with Gasteiger partial charge in [-0.25, -0.2) is 8.78 Å². The molecule has 0 radical (unpaired) electrons. The molecule has 1 saturated heterocycles. The van der Waals surface area contributed by atoms with Crippen molar-refractivity contribution in [2.75, 3.05) is 10.7 Å². The minimum absolute atomic E-state index is 0.0892. The van der Waals surface area contributed by atoms with Gasteiger partial charge in [0.25, 0.3) is 0 Å². The summed E-state index contributed by atoms with van der Waals surface area (Å²) >= 11 is 7.25. The summed E-state index contributed by atoms with van der Waals surface area (Å²) in [5, 5.41) is 0.252. The highest BCUT2D eigenvalue weighted by Crippen LogP contribution is 2.42. The Hall–Kier alpha value is -1.59. The molecule has 1 amide bonds. The first kappa shape index (κ1) is 14.4. The van der Waals surface area contributed by atoms with E-state index in [1.807, 2.05) is 0 Å². The van der Waals surface area contributed by atoms with Crippen molar-refractivity contribution in [2.24, 2.45) is 0 Å². The Labute approximate surface area is 129 Å². The first-order valence-corrected chi connectivity index (χ1v) is 7.63. The zero-order valence-corrected chi connectivity index (χ0v) is 12.3. The zero-order chi connectivity index (χ0) is 15.0. The average Bonchev–Trinajstić information content (AvgIpc) is 2.82. The Kier molecular flexibility index (Phi) is 3.87. The van der Waals surface area contributed by atoms with Crippen molar-refractivity contribution >= 4 is 35.0 Å². The minimum Gasteiger partial charge on any atom is -0.292 e. The maximum atomic E-state index is 14.0. The van der Waals surface area contributed by atoms with Crippen LogP contribution >= 0.6 is 23.4 Å². The monoisotopic (exact) mass is 325 g/mol. The smallest absolute Gasteiger partial charge is 0.238 e. The van der Waals surface area contributed by atoms with Crippen molar-refractivity contribution in [1.82, 2.24) is 0 Å². The normalized spacial score (nSPS) is 18.3. The van der Waals surface area contributed by atoms with Crippen LogP contribution in [0.3, 0.4) is 0 Å². The second-order valence-corrected chi connectivity index (χ2v) is 6.08. The number of hydrogen-bond donors (Lipinski definition) is 0. The van der Waals surface area contributed by atoms with Gasteiger partial charge in [0.05, 0.1) is 11.4 Å². The van der Waals surface area contributed by atoms with Crippen LogP contribution in [0.15, 0.2) is 42.5 Å². The number of carbonyl (C=O) groups is 1. The second-order valence-electron chi connectivity index (χ2n) is 4.57. The lowest BCUT2D eigenvalue weighted by molar-refractivity contribution is -0.115. The molecule has 0 spiro atoms. The van der Waals surface area contributed by atoms with E-state index in [-0.39, 0.29) is 22.7 Å². The van der Waals surface area contributed by atoms with Crippen LogP contribution in [-0.4, -0.2) is 11.7 Å². The number of nitrogens with zero attached hydrogens (tertiary/aromatic N) is 1. The molecule has 108 valence electrons. The molecule has 0 aliphatic carbocycles. The minimum atomic E-state index is -0.746. The molecule has 3 rings (SSSR count). The number of amides is 1. The summed E-state index contributed by atoms with van der Waals surface area (Å²) in [6.45, 7) is 0. The van der Waals surface area contributed by atoms with Gasteiger partial charge in [0.15, 0.2) is 0 Å². The molecular weight excluding hydrogens is 316 g/mol. The topological polar surface area (TPSA) is 20.3 Å². The molecule has 1 heterocycles. The predicted octanol–water partition coefficient (Wildman–Crippen LogP) is 4.40. The van der Waals surface area contributed by atoms with Crippen molar-refractivity contribution in [1.29, 1.82) is 0 Å². The van der Waals surface area contributed by atoms with E-state index < -0.39 is 11.6 Å². The van der Waals surface area contributed by atoms with Crippen LogP contribution in [0.2, 0.25) is 5.02 Å². The third-order valence-electron chi connectivity index (χ3n) is 3.19. The molecule has 6 heteroatoms. The summed E-state index contributed by atoms with van der Waals surface area (Å²) in [5.74, 6) is -1.36. The van der Waals surface area contributed by atoms with Crippen LogP contribution in [0.1, 0.15) is 10.9 Å². The van der Waals surface area contributed by atoms with Gasteiger partial charge in [-0.3, -0.25) is 9.69 Å². The Morgan fingerprint density at radius 2 is 1.86 bits per heavy atom. The summed E-state index contributed by atoms with van der Waals surface area (Å²) in [6.07, 6.45) is 0. The molecule has 2 nitrogen and oxygen atoms in total. The molecule has 0 N–H and O–H groups in total. The van der Waals surface area contributed by atoms with E-state index in [0.717, 1.165) is 17.7 Å². The van der Waals surface area contributed by atoms with E-state index in [1.54, 1.807) is 24.3 Å². The maximum absolute atomic E-state index is 14.0. The molecule has 2 aromatic rings. The van der Waals surface area contributed by atoms with Crippen molar-refractivity contribution in [3.8, 4) is 0 Å². The molecule has 0 bridgehead atoms. The van der Waals surface area contributed by atoms with E-state index in [4.69, 9.17) is 11.6 Å². The van der Waals surface area contributed by atoms with Crippen LogP contribution in [0, 0.1) is 11.6 Å². The number of anilines is 1. The molecule has 1 aliphatic rings. The fourth-order valence-electron chi connectivity index (χ4n) is 2.24. The van der Waals surface area contributed by atoms with Gasteiger partial charge in [-0.05, 0) is 29.8 Å². The number of rotatable bonds is 2. The SMILES string of the molecule is O=C1CSC(c2ccc(Cl)cc2)N1c1ccc(F)cc1F.